The fourth-order valence-electron chi connectivity index (χ4n) is 2.99. The largest absolute Gasteiger partial charge is 0.382 e. The molecule has 1 atom stereocenters. The predicted molar refractivity (Wildman–Crippen MR) is 88.7 cm³/mol. The summed E-state index contributed by atoms with van der Waals surface area (Å²) < 4.78 is 28.6. The number of nitrogen functional groups attached to an aromatic ring is 1. The molecule has 21 heavy (non-hydrogen) atoms. The first-order chi connectivity index (χ1) is 9.99. The van der Waals surface area contributed by atoms with Crippen LogP contribution in [0.2, 0.25) is 0 Å². The van der Waals surface area contributed by atoms with E-state index in [1.807, 2.05) is 0 Å². The van der Waals surface area contributed by atoms with Crippen molar-refractivity contribution in [2.75, 3.05) is 29.5 Å². The van der Waals surface area contributed by atoms with Crippen molar-refractivity contribution in [3.8, 4) is 0 Å². The van der Waals surface area contributed by atoms with Crippen LogP contribution in [0.1, 0.15) is 46.0 Å². The SMILES string of the molecule is CCCC1CCCN(c2snc(N)c2S(=O)(=O)CC)CC1. The van der Waals surface area contributed by atoms with Crippen LogP contribution in [0.5, 0.6) is 0 Å². The van der Waals surface area contributed by atoms with E-state index in [0.29, 0.717) is 0 Å². The summed E-state index contributed by atoms with van der Waals surface area (Å²) in [5, 5.41) is 0.742. The van der Waals surface area contributed by atoms with Crippen molar-refractivity contribution in [3.05, 3.63) is 0 Å². The molecule has 0 aliphatic carbocycles. The lowest BCUT2D eigenvalue weighted by Gasteiger charge is -2.22. The van der Waals surface area contributed by atoms with E-state index in [1.54, 1.807) is 6.92 Å². The fraction of sp³-hybridized carbons (Fsp3) is 0.786. The molecule has 7 heteroatoms. The maximum atomic E-state index is 12.3. The van der Waals surface area contributed by atoms with Gasteiger partial charge < -0.3 is 10.6 Å². The lowest BCUT2D eigenvalue weighted by molar-refractivity contribution is 0.435. The first kappa shape index (κ1) is 16.5. The van der Waals surface area contributed by atoms with Gasteiger partial charge in [-0.2, -0.15) is 4.37 Å². The van der Waals surface area contributed by atoms with E-state index in [1.165, 1.54) is 30.8 Å². The Balaban J connectivity index is 2.23. The highest BCUT2D eigenvalue weighted by atomic mass is 32.2. The lowest BCUT2D eigenvalue weighted by Crippen LogP contribution is -2.25. The Morgan fingerprint density at radius 2 is 2.10 bits per heavy atom. The van der Waals surface area contributed by atoms with E-state index in [0.717, 1.165) is 36.9 Å². The van der Waals surface area contributed by atoms with Gasteiger partial charge in [0.05, 0.1) is 5.75 Å². The summed E-state index contributed by atoms with van der Waals surface area (Å²) in [6.45, 7) is 5.67. The highest BCUT2D eigenvalue weighted by Gasteiger charge is 2.28. The first-order valence-corrected chi connectivity index (χ1v) is 10.1. The molecule has 0 bridgehead atoms. The number of hydrogen-bond acceptors (Lipinski definition) is 6. The highest BCUT2D eigenvalue weighted by molar-refractivity contribution is 7.91. The Morgan fingerprint density at radius 3 is 2.76 bits per heavy atom. The summed E-state index contributed by atoms with van der Waals surface area (Å²) in [5.41, 5.74) is 5.82. The molecule has 2 heterocycles. The number of rotatable bonds is 5. The fourth-order valence-corrected chi connectivity index (χ4v) is 5.35. The second-order valence-electron chi connectivity index (χ2n) is 5.68. The van der Waals surface area contributed by atoms with Gasteiger partial charge in [-0.25, -0.2) is 8.42 Å². The molecule has 0 aromatic carbocycles. The molecule has 0 spiro atoms. The molecule has 1 aliphatic rings. The molecule has 1 saturated heterocycles. The number of anilines is 2. The Labute approximate surface area is 131 Å². The second kappa shape index (κ2) is 6.96. The summed E-state index contributed by atoms with van der Waals surface area (Å²) >= 11 is 1.22. The number of sulfone groups is 1. The van der Waals surface area contributed by atoms with Crippen LogP contribution >= 0.6 is 11.5 Å². The van der Waals surface area contributed by atoms with Crippen LogP contribution in [0, 0.1) is 5.92 Å². The van der Waals surface area contributed by atoms with E-state index in [2.05, 4.69) is 16.2 Å². The quantitative estimate of drug-likeness (QED) is 0.897. The van der Waals surface area contributed by atoms with Gasteiger partial charge in [-0.3, -0.25) is 0 Å². The topological polar surface area (TPSA) is 76.3 Å². The number of hydrogen-bond donors (Lipinski definition) is 1. The van der Waals surface area contributed by atoms with Gasteiger partial charge in [0.25, 0.3) is 0 Å². The molecule has 0 amide bonds. The van der Waals surface area contributed by atoms with Crippen LogP contribution in [-0.2, 0) is 9.84 Å². The molecular weight excluding hydrogens is 306 g/mol. The second-order valence-corrected chi connectivity index (χ2v) is 8.65. The summed E-state index contributed by atoms with van der Waals surface area (Å²) in [7, 11) is -3.32. The van der Waals surface area contributed by atoms with E-state index < -0.39 is 9.84 Å². The van der Waals surface area contributed by atoms with Crippen molar-refractivity contribution in [2.45, 2.75) is 50.8 Å². The van der Waals surface area contributed by atoms with Crippen LogP contribution in [-0.4, -0.2) is 31.6 Å². The smallest absolute Gasteiger partial charge is 0.184 e. The molecule has 120 valence electrons. The van der Waals surface area contributed by atoms with Gasteiger partial charge in [-0.15, -0.1) is 0 Å². The summed E-state index contributed by atoms with van der Waals surface area (Å²) in [6.07, 6.45) is 5.94. The van der Waals surface area contributed by atoms with Crippen molar-refractivity contribution >= 4 is 32.2 Å². The van der Waals surface area contributed by atoms with Crippen LogP contribution in [0.25, 0.3) is 0 Å². The zero-order valence-electron chi connectivity index (χ0n) is 12.8. The molecule has 0 radical (unpaired) electrons. The molecule has 0 saturated carbocycles. The van der Waals surface area contributed by atoms with Crippen LogP contribution < -0.4 is 10.6 Å². The minimum absolute atomic E-state index is 0.0644. The number of nitrogens with two attached hydrogens (primary N) is 1. The molecule has 2 rings (SSSR count). The highest BCUT2D eigenvalue weighted by Crippen LogP contribution is 2.37. The first-order valence-electron chi connectivity index (χ1n) is 7.72. The van der Waals surface area contributed by atoms with Gasteiger partial charge in [0.1, 0.15) is 9.90 Å². The molecule has 1 aromatic heterocycles. The van der Waals surface area contributed by atoms with Crippen molar-refractivity contribution in [1.82, 2.24) is 4.37 Å². The Bertz CT molecular complexity index is 569. The summed E-state index contributed by atoms with van der Waals surface area (Å²) in [6, 6.07) is 0. The van der Waals surface area contributed by atoms with E-state index in [9.17, 15) is 8.42 Å². The molecular formula is C14H25N3O2S2. The van der Waals surface area contributed by atoms with Gasteiger partial charge in [0.2, 0.25) is 0 Å². The normalized spacial score (nSPS) is 20.5. The van der Waals surface area contributed by atoms with Crippen molar-refractivity contribution in [1.29, 1.82) is 0 Å². The van der Waals surface area contributed by atoms with Crippen LogP contribution in [0.4, 0.5) is 10.8 Å². The standard InChI is InChI=1S/C14H25N3O2S2/c1-3-6-11-7-5-9-17(10-8-11)14-12(13(15)16-20-14)21(18,19)4-2/h11H,3-10H2,1-2H3,(H2,15,16). The van der Waals surface area contributed by atoms with Gasteiger partial charge >= 0.3 is 0 Å². The molecule has 1 unspecified atom stereocenters. The van der Waals surface area contributed by atoms with E-state index in [-0.39, 0.29) is 16.5 Å². The third-order valence-electron chi connectivity index (χ3n) is 4.18. The number of aromatic nitrogens is 1. The van der Waals surface area contributed by atoms with Crippen LogP contribution in [0.15, 0.2) is 4.90 Å². The summed E-state index contributed by atoms with van der Waals surface area (Å²) in [4.78, 5) is 2.43. The predicted octanol–water partition coefficient (Wildman–Crippen LogP) is 2.93. The zero-order valence-corrected chi connectivity index (χ0v) is 14.5. The molecule has 2 N–H and O–H groups in total. The van der Waals surface area contributed by atoms with Gasteiger partial charge in [-0.05, 0) is 36.7 Å². The average Bonchev–Trinajstić information content (AvgIpc) is 2.70. The molecule has 1 fully saturated rings. The minimum atomic E-state index is -3.32. The number of nitrogens with zero attached hydrogens (tertiary/aromatic N) is 2. The average molecular weight is 332 g/mol. The van der Waals surface area contributed by atoms with Crippen molar-refractivity contribution < 1.29 is 8.42 Å². The third kappa shape index (κ3) is 3.69. The van der Waals surface area contributed by atoms with Gasteiger partial charge in [0, 0.05) is 13.1 Å². The maximum Gasteiger partial charge on any atom is 0.184 e. The zero-order chi connectivity index (χ0) is 15.5. The van der Waals surface area contributed by atoms with Gasteiger partial charge in [-0.1, -0.05) is 26.7 Å². The third-order valence-corrected chi connectivity index (χ3v) is 7.02. The molecule has 1 aromatic rings. The van der Waals surface area contributed by atoms with Crippen molar-refractivity contribution in [2.24, 2.45) is 5.92 Å². The van der Waals surface area contributed by atoms with E-state index in [4.69, 9.17) is 5.73 Å². The lowest BCUT2D eigenvalue weighted by atomic mass is 9.96. The van der Waals surface area contributed by atoms with Crippen LogP contribution in [0.3, 0.4) is 0 Å². The summed E-state index contributed by atoms with van der Waals surface area (Å²) in [5.74, 6) is 0.984. The van der Waals surface area contributed by atoms with Gasteiger partial charge in [0.15, 0.2) is 15.7 Å². The molecule has 1 aliphatic heterocycles. The van der Waals surface area contributed by atoms with Crippen molar-refractivity contribution in [3.63, 3.8) is 0 Å². The van der Waals surface area contributed by atoms with E-state index >= 15 is 0 Å². The maximum absolute atomic E-state index is 12.3. The Kier molecular flexibility index (Phi) is 5.48. The monoisotopic (exact) mass is 331 g/mol. The Morgan fingerprint density at radius 1 is 1.33 bits per heavy atom. The Hall–Kier alpha value is -0.820. The minimum Gasteiger partial charge on any atom is -0.382 e. The molecule has 5 nitrogen and oxygen atoms in total.